The number of carbonyl (C=O) groups excluding carboxylic acids is 1. The number of nitrogens with two attached hydrogens (primary N) is 1. The van der Waals surface area contributed by atoms with Gasteiger partial charge in [0.05, 0.1) is 4.99 Å². The molecule has 0 saturated carbocycles. The van der Waals surface area contributed by atoms with E-state index in [9.17, 15) is 18.0 Å². The van der Waals surface area contributed by atoms with E-state index in [1.165, 1.54) is 0 Å². The highest BCUT2D eigenvalue weighted by molar-refractivity contribution is 7.80. The molecule has 0 fully saturated rings. The average molecular weight is 214 g/mol. The molecular weight excluding hydrogens is 205 g/mol. The highest BCUT2D eigenvalue weighted by atomic mass is 32.1. The van der Waals surface area contributed by atoms with E-state index in [1.54, 1.807) is 0 Å². The number of halogens is 3. The maximum atomic E-state index is 11.8. The molecule has 0 aliphatic rings. The van der Waals surface area contributed by atoms with Crippen LogP contribution in [-0.2, 0) is 4.79 Å². The summed E-state index contributed by atoms with van der Waals surface area (Å²) in [6, 6.07) is 0. The fraction of sp³-hybridized carbons (Fsp3) is 0.667. The van der Waals surface area contributed by atoms with Crippen LogP contribution in [0.2, 0.25) is 0 Å². The van der Waals surface area contributed by atoms with Crippen molar-refractivity contribution in [2.45, 2.75) is 12.6 Å². The van der Waals surface area contributed by atoms with E-state index in [1.807, 2.05) is 0 Å². The number of alkyl halides is 3. The summed E-state index contributed by atoms with van der Waals surface area (Å²) >= 11 is 4.45. The van der Waals surface area contributed by atoms with E-state index in [4.69, 9.17) is 5.73 Å². The minimum Gasteiger partial charge on any atom is -0.393 e. The second-order valence-electron chi connectivity index (χ2n) is 2.44. The first-order valence-electron chi connectivity index (χ1n) is 3.35. The Hall–Kier alpha value is -0.850. The molecular formula is C6H9F3N2OS. The van der Waals surface area contributed by atoms with Crippen molar-refractivity contribution in [3.05, 3.63) is 0 Å². The maximum absolute atomic E-state index is 11.8. The van der Waals surface area contributed by atoms with E-state index in [0.717, 1.165) is 7.05 Å². The van der Waals surface area contributed by atoms with Gasteiger partial charge in [-0.2, -0.15) is 13.2 Å². The van der Waals surface area contributed by atoms with Gasteiger partial charge in [-0.05, 0) is 0 Å². The van der Waals surface area contributed by atoms with E-state index in [-0.39, 0.29) is 18.0 Å². The Morgan fingerprint density at radius 2 is 2.00 bits per heavy atom. The standard InChI is InChI=1S/C6H9F3N2OS/c1-11(3-2-4(10)13)5(12)6(7,8)9/h2-3H2,1H3,(H2,10,13). The van der Waals surface area contributed by atoms with Gasteiger partial charge in [-0.3, -0.25) is 4.79 Å². The predicted molar refractivity (Wildman–Crippen MR) is 45.1 cm³/mol. The summed E-state index contributed by atoms with van der Waals surface area (Å²) in [5.74, 6) is -1.89. The third kappa shape index (κ3) is 4.66. The van der Waals surface area contributed by atoms with Crippen LogP contribution in [0.1, 0.15) is 6.42 Å². The van der Waals surface area contributed by atoms with Gasteiger partial charge in [0.1, 0.15) is 0 Å². The Balaban J connectivity index is 4.05. The first-order valence-corrected chi connectivity index (χ1v) is 3.76. The van der Waals surface area contributed by atoms with E-state index in [0.29, 0.717) is 4.90 Å². The molecule has 2 N–H and O–H groups in total. The predicted octanol–water partition coefficient (Wildman–Crippen LogP) is 0.683. The van der Waals surface area contributed by atoms with E-state index in [2.05, 4.69) is 12.2 Å². The van der Waals surface area contributed by atoms with Gasteiger partial charge in [-0.25, -0.2) is 0 Å². The summed E-state index contributed by atoms with van der Waals surface area (Å²) in [7, 11) is 1.05. The molecule has 76 valence electrons. The van der Waals surface area contributed by atoms with Gasteiger partial charge >= 0.3 is 12.1 Å². The molecule has 0 unspecified atom stereocenters. The minimum atomic E-state index is -4.83. The summed E-state index contributed by atoms with van der Waals surface area (Å²) < 4.78 is 35.3. The fourth-order valence-corrected chi connectivity index (χ4v) is 0.687. The number of thiocarbonyl (C=S) groups is 1. The summed E-state index contributed by atoms with van der Waals surface area (Å²) in [4.78, 5) is 11.1. The van der Waals surface area contributed by atoms with Gasteiger partial charge in [-0.15, -0.1) is 0 Å². The van der Waals surface area contributed by atoms with Gasteiger partial charge in [0.2, 0.25) is 0 Å². The van der Waals surface area contributed by atoms with Crippen LogP contribution in [-0.4, -0.2) is 35.6 Å². The van der Waals surface area contributed by atoms with E-state index >= 15 is 0 Å². The number of carbonyl (C=O) groups is 1. The molecule has 0 spiro atoms. The molecule has 0 rings (SSSR count). The molecule has 0 bridgehead atoms. The Morgan fingerprint density at radius 3 is 2.31 bits per heavy atom. The van der Waals surface area contributed by atoms with Crippen LogP contribution in [0.25, 0.3) is 0 Å². The molecule has 0 heterocycles. The topological polar surface area (TPSA) is 46.3 Å². The first-order chi connectivity index (χ1) is 5.75. The second-order valence-corrected chi connectivity index (χ2v) is 2.97. The molecule has 0 aliphatic carbocycles. The smallest absolute Gasteiger partial charge is 0.393 e. The number of amides is 1. The SMILES string of the molecule is CN(CCC(N)=S)C(=O)C(F)(F)F. The number of rotatable bonds is 3. The van der Waals surface area contributed by atoms with Crippen LogP contribution in [0.3, 0.4) is 0 Å². The maximum Gasteiger partial charge on any atom is 0.471 e. The van der Waals surface area contributed by atoms with Crippen molar-refractivity contribution in [1.82, 2.24) is 4.90 Å². The largest absolute Gasteiger partial charge is 0.471 e. The molecule has 1 amide bonds. The number of hydrogen-bond acceptors (Lipinski definition) is 2. The Kier molecular flexibility index (Phi) is 4.12. The summed E-state index contributed by atoms with van der Waals surface area (Å²) in [5, 5.41) is 0. The van der Waals surface area contributed by atoms with Crippen molar-refractivity contribution in [3.8, 4) is 0 Å². The molecule has 13 heavy (non-hydrogen) atoms. The van der Waals surface area contributed by atoms with Gasteiger partial charge in [0.25, 0.3) is 0 Å². The van der Waals surface area contributed by atoms with Crippen molar-refractivity contribution in [2.24, 2.45) is 5.73 Å². The minimum absolute atomic E-state index is 0.0850. The van der Waals surface area contributed by atoms with Gasteiger partial charge < -0.3 is 10.6 Å². The highest BCUT2D eigenvalue weighted by Gasteiger charge is 2.40. The van der Waals surface area contributed by atoms with Crippen LogP contribution in [0.5, 0.6) is 0 Å². The van der Waals surface area contributed by atoms with Crippen molar-refractivity contribution in [1.29, 1.82) is 0 Å². The second kappa shape index (κ2) is 4.40. The quantitative estimate of drug-likeness (QED) is 0.703. The zero-order valence-corrected chi connectivity index (χ0v) is 7.71. The molecule has 7 heteroatoms. The highest BCUT2D eigenvalue weighted by Crippen LogP contribution is 2.17. The average Bonchev–Trinajstić information content (AvgIpc) is 1.96. The monoisotopic (exact) mass is 214 g/mol. The lowest BCUT2D eigenvalue weighted by Gasteiger charge is -2.17. The lowest BCUT2D eigenvalue weighted by molar-refractivity contribution is -0.183. The van der Waals surface area contributed by atoms with Crippen LogP contribution in [0, 0.1) is 0 Å². The summed E-state index contributed by atoms with van der Waals surface area (Å²) in [6.45, 7) is -0.117. The van der Waals surface area contributed by atoms with Gasteiger partial charge in [0, 0.05) is 20.0 Å². The lowest BCUT2D eigenvalue weighted by Crippen LogP contribution is -2.39. The van der Waals surface area contributed by atoms with E-state index < -0.39 is 12.1 Å². The molecule has 0 radical (unpaired) electrons. The van der Waals surface area contributed by atoms with Crippen LogP contribution in [0.15, 0.2) is 0 Å². The third-order valence-electron chi connectivity index (χ3n) is 1.28. The molecule has 0 aromatic rings. The zero-order valence-electron chi connectivity index (χ0n) is 6.89. The Bertz CT molecular complexity index is 216. The van der Waals surface area contributed by atoms with Gasteiger partial charge in [0.15, 0.2) is 0 Å². The van der Waals surface area contributed by atoms with Crippen LogP contribution >= 0.6 is 12.2 Å². The van der Waals surface area contributed by atoms with Crippen molar-refractivity contribution in [3.63, 3.8) is 0 Å². The summed E-state index contributed by atoms with van der Waals surface area (Å²) in [5.41, 5.74) is 5.06. The molecule has 0 aromatic heterocycles. The number of hydrogen-bond donors (Lipinski definition) is 1. The zero-order chi connectivity index (χ0) is 10.6. The van der Waals surface area contributed by atoms with Crippen molar-refractivity contribution >= 4 is 23.1 Å². The van der Waals surface area contributed by atoms with Gasteiger partial charge in [-0.1, -0.05) is 12.2 Å². The third-order valence-corrected chi connectivity index (χ3v) is 1.49. The molecule has 3 nitrogen and oxygen atoms in total. The lowest BCUT2D eigenvalue weighted by atomic mass is 10.4. The Morgan fingerprint density at radius 1 is 1.54 bits per heavy atom. The molecule has 0 saturated heterocycles. The van der Waals surface area contributed by atoms with Crippen molar-refractivity contribution < 1.29 is 18.0 Å². The Labute approximate surface area is 78.7 Å². The number of nitrogens with zero attached hydrogens (tertiary/aromatic N) is 1. The first kappa shape index (κ1) is 12.2. The van der Waals surface area contributed by atoms with Crippen LogP contribution < -0.4 is 5.73 Å². The molecule has 0 atom stereocenters. The molecule has 0 aromatic carbocycles. The van der Waals surface area contributed by atoms with Crippen molar-refractivity contribution in [2.75, 3.05) is 13.6 Å². The summed E-state index contributed by atoms with van der Waals surface area (Å²) in [6.07, 6.45) is -4.74. The fourth-order valence-electron chi connectivity index (χ4n) is 0.596. The van der Waals surface area contributed by atoms with Crippen LogP contribution in [0.4, 0.5) is 13.2 Å². The molecule has 0 aliphatic heterocycles. The normalized spacial score (nSPS) is 11.1.